The van der Waals surface area contributed by atoms with Crippen molar-refractivity contribution in [1.82, 2.24) is 10.3 Å². The number of pyridine rings is 1. The summed E-state index contributed by atoms with van der Waals surface area (Å²) in [5.41, 5.74) is 2.30. The molecule has 4 nitrogen and oxygen atoms in total. The van der Waals surface area contributed by atoms with Crippen molar-refractivity contribution >= 4 is 17.5 Å². The molecule has 0 unspecified atom stereocenters. The standard InChI is InChI=1S/C15H15ClN2O2/c1-10-6-13(16)7-12(14(10)20-2)9-18-15(19)11-4-3-5-17-8-11/h3-8H,9H2,1-2H3,(H,18,19). The van der Waals surface area contributed by atoms with Crippen molar-refractivity contribution in [3.63, 3.8) is 0 Å². The molecule has 1 aromatic carbocycles. The van der Waals surface area contributed by atoms with Crippen LogP contribution in [0, 0.1) is 6.92 Å². The monoisotopic (exact) mass is 290 g/mol. The van der Waals surface area contributed by atoms with Crippen molar-refractivity contribution in [2.75, 3.05) is 7.11 Å². The quantitative estimate of drug-likeness (QED) is 0.942. The number of nitrogens with zero attached hydrogens (tertiary/aromatic N) is 1. The summed E-state index contributed by atoms with van der Waals surface area (Å²) in [7, 11) is 1.60. The van der Waals surface area contributed by atoms with E-state index in [1.54, 1.807) is 31.5 Å². The molecule has 2 aromatic rings. The van der Waals surface area contributed by atoms with Gasteiger partial charge in [-0.2, -0.15) is 0 Å². The van der Waals surface area contributed by atoms with Crippen LogP contribution in [-0.2, 0) is 6.54 Å². The lowest BCUT2D eigenvalue weighted by Crippen LogP contribution is -2.23. The summed E-state index contributed by atoms with van der Waals surface area (Å²) in [6.45, 7) is 2.26. The fraction of sp³-hybridized carbons (Fsp3) is 0.200. The van der Waals surface area contributed by atoms with E-state index in [1.165, 1.54) is 6.20 Å². The first-order valence-corrected chi connectivity index (χ1v) is 6.51. The van der Waals surface area contributed by atoms with Gasteiger partial charge in [-0.1, -0.05) is 11.6 Å². The molecule has 0 saturated heterocycles. The minimum absolute atomic E-state index is 0.183. The van der Waals surface area contributed by atoms with Gasteiger partial charge in [0.05, 0.1) is 12.7 Å². The van der Waals surface area contributed by atoms with Gasteiger partial charge in [-0.15, -0.1) is 0 Å². The fourth-order valence-corrected chi connectivity index (χ4v) is 2.29. The normalized spacial score (nSPS) is 10.2. The van der Waals surface area contributed by atoms with Crippen molar-refractivity contribution in [2.45, 2.75) is 13.5 Å². The third kappa shape index (κ3) is 3.27. The van der Waals surface area contributed by atoms with Crippen LogP contribution in [0.25, 0.3) is 0 Å². The highest BCUT2D eigenvalue weighted by Crippen LogP contribution is 2.27. The summed E-state index contributed by atoms with van der Waals surface area (Å²) in [6, 6.07) is 7.05. The lowest BCUT2D eigenvalue weighted by molar-refractivity contribution is 0.0950. The van der Waals surface area contributed by atoms with Crippen LogP contribution in [0.2, 0.25) is 5.02 Å². The molecule has 0 bridgehead atoms. The highest BCUT2D eigenvalue weighted by Gasteiger charge is 2.10. The molecule has 0 saturated carbocycles. The predicted molar refractivity (Wildman–Crippen MR) is 78.1 cm³/mol. The minimum atomic E-state index is -0.183. The first-order valence-electron chi connectivity index (χ1n) is 6.13. The summed E-state index contributed by atoms with van der Waals surface area (Å²) in [5.74, 6) is 0.554. The van der Waals surface area contributed by atoms with Crippen LogP contribution in [-0.4, -0.2) is 18.0 Å². The molecular formula is C15H15ClN2O2. The SMILES string of the molecule is COc1c(C)cc(Cl)cc1CNC(=O)c1cccnc1. The maximum absolute atomic E-state index is 12.0. The smallest absolute Gasteiger partial charge is 0.253 e. The van der Waals surface area contributed by atoms with Gasteiger partial charge in [0.25, 0.3) is 5.91 Å². The molecule has 0 radical (unpaired) electrons. The fourth-order valence-electron chi connectivity index (χ4n) is 2.00. The zero-order chi connectivity index (χ0) is 14.5. The van der Waals surface area contributed by atoms with Gasteiger partial charge in [0, 0.05) is 29.5 Å². The first kappa shape index (κ1) is 14.3. The maximum Gasteiger partial charge on any atom is 0.253 e. The third-order valence-corrected chi connectivity index (χ3v) is 3.10. The van der Waals surface area contributed by atoms with E-state index in [0.29, 0.717) is 17.1 Å². The number of amides is 1. The van der Waals surface area contributed by atoms with Crippen molar-refractivity contribution in [2.24, 2.45) is 0 Å². The van der Waals surface area contributed by atoms with Gasteiger partial charge >= 0.3 is 0 Å². The second-order valence-electron chi connectivity index (χ2n) is 4.34. The maximum atomic E-state index is 12.0. The molecule has 104 valence electrons. The van der Waals surface area contributed by atoms with E-state index in [-0.39, 0.29) is 5.91 Å². The number of nitrogens with one attached hydrogen (secondary N) is 1. The zero-order valence-corrected chi connectivity index (χ0v) is 12.1. The lowest BCUT2D eigenvalue weighted by Gasteiger charge is -2.13. The van der Waals surface area contributed by atoms with Crippen LogP contribution in [0.4, 0.5) is 0 Å². The number of aryl methyl sites for hydroxylation is 1. The molecule has 2 rings (SSSR count). The van der Waals surface area contributed by atoms with Crippen molar-refractivity contribution in [3.8, 4) is 5.75 Å². The average molecular weight is 291 g/mol. The van der Waals surface area contributed by atoms with Crippen LogP contribution in [0.5, 0.6) is 5.75 Å². The Balaban J connectivity index is 2.13. The van der Waals surface area contributed by atoms with E-state index in [0.717, 1.165) is 16.9 Å². The summed E-state index contributed by atoms with van der Waals surface area (Å²) < 4.78 is 5.35. The Hall–Kier alpha value is -2.07. The van der Waals surface area contributed by atoms with E-state index in [2.05, 4.69) is 10.3 Å². The molecule has 1 aromatic heterocycles. The van der Waals surface area contributed by atoms with E-state index in [9.17, 15) is 4.79 Å². The number of methoxy groups -OCH3 is 1. The number of ether oxygens (including phenoxy) is 1. The van der Waals surface area contributed by atoms with Crippen molar-refractivity contribution in [1.29, 1.82) is 0 Å². The molecule has 0 aliphatic heterocycles. The number of hydrogen-bond acceptors (Lipinski definition) is 3. The van der Waals surface area contributed by atoms with Crippen LogP contribution >= 0.6 is 11.6 Å². The number of carbonyl (C=O) groups excluding carboxylic acids is 1. The summed E-state index contributed by atoms with van der Waals surface area (Å²) >= 11 is 6.03. The Morgan fingerprint density at radius 3 is 2.90 bits per heavy atom. The van der Waals surface area contributed by atoms with Crippen molar-refractivity contribution < 1.29 is 9.53 Å². The lowest BCUT2D eigenvalue weighted by atomic mass is 10.1. The molecule has 0 atom stereocenters. The Labute approximate surface area is 122 Å². The average Bonchev–Trinajstić information content (AvgIpc) is 2.45. The van der Waals surface area contributed by atoms with Gasteiger partial charge in [-0.05, 0) is 36.8 Å². The highest BCUT2D eigenvalue weighted by atomic mass is 35.5. The minimum Gasteiger partial charge on any atom is -0.496 e. The molecule has 0 spiro atoms. The molecule has 5 heteroatoms. The highest BCUT2D eigenvalue weighted by molar-refractivity contribution is 6.30. The molecule has 20 heavy (non-hydrogen) atoms. The molecule has 0 fully saturated rings. The Kier molecular flexibility index (Phi) is 4.58. The molecular weight excluding hydrogens is 276 g/mol. The number of halogens is 1. The second kappa shape index (κ2) is 6.39. The number of benzene rings is 1. The topological polar surface area (TPSA) is 51.2 Å². The number of carbonyl (C=O) groups is 1. The molecule has 0 aliphatic carbocycles. The predicted octanol–water partition coefficient (Wildman–Crippen LogP) is 2.98. The van der Waals surface area contributed by atoms with E-state index < -0.39 is 0 Å². The number of aromatic nitrogens is 1. The summed E-state index contributed by atoms with van der Waals surface area (Å²) in [5, 5.41) is 3.45. The van der Waals surface area contributed by atoms with Gasteiger partial charge in [0.2, 0.25) is 0 Å². The summed E-state index contributed by atoms with van der Waals surface area (Å²) in [6.07, 6.45) is 3.15. The van der Waals surface area contributed by atoms with Gasteiger partial charge in [-0.3, -0.25) is 9.78 Å². The molecule has 1 heterocycles. The Morgan fingerprint density at radius 1 is 1.45 bits per heavy atom. The Morgan fingerprint density at radius 2 is 2.25 bits per heavy atom. The van der Waals surface area contributed by atoms with E-state index in [1.807, 2.05) is 13.0 Å². The van der Waals surface area contributed by atoms with Crippen LogP contribution in [0.15, 0.2) is 36.7 Å². The van der Waals surface area contributed by atoms with Gasteiger partial charge in [-0.25, -0.2) is 0 Å². The number of hydrogen-bond donors (Lipinski definition) is 1. The summed E-state index contributed by atoms with van der Waals surface area (Å²) in [4.78, 5) is 15.9. The molecule has 1 N–H and O–H groups in total. The van der Waals surface area contributed by atoms with Crippen LogP contribution in [0.3, 0.4) is 0 Å². The van der Waals surface area contributed by atoms with Crippen LogP contribution in [0.1, 0.15) is 21.5 Å². The van der Waals surface area contributed by atoms with Gasteiger partial charge in [0.1, 0.15) is 5.75 Å². The molecule has 1 amide bonds. The zero-order valence-electron chi connectivity index (χ0n) is 11.3. The molecule has 0 aliphatic rings. The van der Waals surface area contributed by atoms with Gasteiger partial charge in [0.15, 0.2) is 0 Å². The largest absolute Gasteiger partial charge is 0.496 e. The van der Waals surface area contributed by atoms with Crippen LogP contribution < -0.4 is 10.1 Å². The Bertz CT molecular complexity index is 615. The second-order valence-corrected chi connectivity index (χ2v) is 4.78. The van der Waals surface area contributed by atoms with E-state index >= 15 is 0 Å². The van der Waals surface area contributed by atoms with E-state index in [4.69, 9.17) is 16.3 Å². The van der Waals surface area contributed by atoms with Gasteiger partial charge < -0.3 is 10.1 Å². The number of rotatable bonds is 4. The third-order valence-electron chi connectivity index (χ3n) is 2.88. The van der Waals surface area contributed by atoms with Crippen molar-refractivity contribution in [3.05, 3.63) is 58.4 Å². The first-order chi connectivity index (χ1) is 9.61.